The Morgan fingerprint density at radius 3 is 2.45 bits per heavy atom. The van der Waals surface area contributed by atoms with E-state index in [1.54, 1.807) is 6.92 Å². The number of hydrogen-bond donors (Lipinski definition) is 0. The highest BCUT2D eigenvalue weighted by atomic mass is 19.1. The molecule has 2 aromatic carbocycles. The van der Waals surface area contributed by atoms with Crippen molar-refractivity contribution >= 4 is 5.78 Å². The standard InChI is InChI=1S/C17H17FO2/c1-3-13-6-4-5-7-16(13)20-12(2)17(19)14-8-10-15(18)11-9-14/h4-12H,3H2,1-2H3. The highest BCUT2D eigenvalue weighted by Gasteiger charge is 2.17. The number of Topliss-reactive ketones (excluding diaryl/α,β-unsaturated/α-hetero) is 1. The summed E-state index contributed by atoms with van der Waals surface area (Å²) >= 11 is 0. The molecule has 0 bridgehead atoms. The summed E-state index contributed by atoms with van der Waals surface area (Å²) in [7, 11) is 0. The van der Waals surface area contributed by atoms with Crippen molar-refractivity contribution in [2.45, 2.75) is 26.4 Å². The van der Waals surface area contributed by atoms with Gasteiger partial charge in [-0.1, -0.05) is 25.1 Å². The molecule has 1 unspecified atom stereocenters. The predicted molar refractivity (Wildman–Crippen MR) is 76.6 cm³/mol. The molecule has 2 aromatic rings. The van der Waals surface area contributed by atoms with E-state index in [2.05, 4.69) is 0 Å². The number of ketones is 1. The average molecular weight is 272 g/mol. The van der Waals surface area contributed by atoms with Crippen LogP contribution in [0, 0.1) is 5.82 Å². The number of carbonyl (C=O) groups is 1. The van der Waals surface area contributed by atoms with E-state index in [0.29, 0.717) is 5.56 Å². The van der Waals surface area contributed by atoms with Crippen LogP contribution in [0.4, 0.5) is 4.39 Å². The molecule has 2 rings (SSSR count). The van der Waals surface area contributed by atoms with Crippen molar-refractivity contribution in [3.63, 3.8) is 0 Å². The summed E-state index contributed by atoms with van der Waals surface area (Å²) < 4.78 is 18.6. The summed E-state index contributed by atoms with van der Waals surface area (Å²) in [4.78, 5) is 12.2. The summed E-state index contributed by atoms with van der Waals surface area (Å²) in [5, 5.41) is 0. The van der Waals surface area contributed by atoms with Crippen molar-refractivity contribution < 1.29 is 13.9 Å². The summed E-state index contributed by atoms with van der Waals surface area (Å²) in [5.41, 5.74) is 1.51. The summed E-state index contributed by atoms with van der Waals surface area (Å²) in [5.74, 6) is 0.209. The lowest BCUT2D eigenvalue weighted by Crippen LogP contribution is -2.24. The van der Waals surface area contributed by atoms with E-state index in [-0.39, 0.29) is 11.6 Å². The van der Waals surface area contributed by atoms with Crippen LogP contribution in [0.3, 0.4) is 0 Å². The molecule has 0 amide bonds. The quantitative estimate of drug-likeness (QED) is 0.768. The molecular formula is C17H17FO2. The molecule has 0 aromatic heterocycles. The molecule has 0 spiro atoms. The summed E-state index contributed by atoms with van der Waals surface area (Å²) in [6.07, 6.45) is 0.237. The molecular weight excluding hydrogens is 255 g/mol. The van der Waals surface area contributed by atoms with Crippen LogP contribution in [0.2, 0.25) is 0 Å². The molecule has 0 radical (unpaired) electrons. The average Bonchev–Trinajstić information content (AvgIpc) is 2.48. The van der Waals surface area contributed by atoms with Gasteiger partial charge in [-0.2, -0.15) is 0 Å². The molecule has 3 heteroatoms. The molecule has 0 aliphatic rings. The smallest absolute Gasteiger partial charge is 0.202 e. The van der Waals surface area contributed by atoms with Gasteiger partial charge in [0, 0.05) is 5.56 Å². The maximum absolute atomic E-state index is 12.9. The first-order chi connectivity index (χ1) is 9.61. The number of benzene rings is 2. The lowest BCUT2D eigenvalue weighted by atomic mass is 10.1. The molecule has 0 fully saturated rings. The Hall–Kier alpha value is -2.16. The van der Waals surface area contributed by atoms with Crippen molar-refractivity contribution in [3.8, 4) is 5.75 Å². The first kappa shape index (κ1) is 14.3. The van der Waals surface area contributed by atoms with Crippen LogP contribution in [0.15, 0.2) is 48.5 Å². The highest BCUT2D eigenvalue weighted by Crippen LogP contribution is 2.20. The molecule has 0 N–H and O–H groups in total. The molecule has 0 aliphatic carbocycles. The minimum atomic E-state index is -0.604. The first-order valence-electron chi connectivity index (χ1n) is 6.66. The topological polar surface area (TPSA) is 26.3 Å². The van der Waals surface area contributed by atoms with Gasteiger partial charge in [-0.05, 0) is 49.2 Å². The van der Waals surface area contributed by atoms with Gasteiger partial charge in [0.05, 0.1) is 0 Å². The van der Waals surface area contributed by atoms with E-state index in [0.717, 1.165) is 17.7 Å². The first-order valence-corrected chi connectivity index (χ1v) is 6.66. The monoisotopic (exact) mass is 272 g/mol. The van der Waals surface area contributed by atoms with Gasteiger partial charge < -0.3 is 4.74 Å². The zero-order chi connectivity index (χ0) is 14.5. The van der Waals surface area contributed by atoms with Crippen molar-refractivity contribution in [2.75, 3.05) is 0 Å². The minimum Gasteiger partial charge on any atom is -0.482 e. The largest absolute Gasteiger partial charge is 0.482 e. The van der Waals surface area contributed by atoms with E-state index in [1.807, 2.05) is 31.2 Å². The third kappa shape index (κ3) is 3.23. The maximum Gasteiger partial charge on any atom is 0.202 e. The second kappa shape index (κ2) is 6.33. The van der Waals surface area contributed by atoms with Crippen LogP contribution in [-0.4, -0.2) is 11.9 Å². The molecule has 1 atom stereocenters. The fourth-order valence-electron chi connectivity index (χ4n) is 2.00. The Balaban J connectivity index is 2.13. The van der Waals surface area contributed by atoms with Gasteiger partial charge in [0.15, 0.2) is 6.10 Å². The zero-order valence-corrected chi connectivity index (χ0v) is 11.6. The number of para-hydroxylation sites is 1. The van der Waals surface area contributed by atoms with Crippen LogP contribution >= 0.6 is 0 Å². The van der Waals surface area contributed by atoms with Gasteiger partial charge in [-0.15, -0.1) is 0 Å². The third-order valence-electron chi connectivity index (χ3n) is 3.16. The zero-order valence-electron chi connectivity index (χ0n) is 11.6. The second-order valence-electron chi connectivity index (χ2n) is 4.59. The fourth-order valence-corrected chi connectivity index (χ4v) is 2.00. The van der Waals surface area contributed by atoms with Crippen LogP contribution in [0.1, 0.15) is 29.8 Å². The van der Waals surface area contributed by atoms with Gasteiger partial charge in [-0.25, -0.2) is 4.39 Å². The van der Waals surface area contributed by atoms with Gasteiger partial charge in [0.25, 0.3) is 0 Å². The van der Waals surface area contributed by atoms with Crippen molar-refractivity contribution in [3.05, 3.63) is 65.5 Å². The molecule has 104 valence electrons. The van der Waals surface area contributed by atoms with Crippen LogP contribution < -0.4 is 4.74 Å². The molecule has 20 heavy (non-hydrogen) atoms. The van der Waals surface area contributed by atoms with Gasteiger partial charge in [0.1, 0.15) is 11.6 Å². The number of aryl methyl sites for hydroxylation is 1. The van der Waals surface area contributed by atoms with E-state index < -0.39 is 6.10 Å². The Morgan fingerprint density at radius 1 is 1.15 bits per heavy atom. The van der Waals surface area contributed by atoms with E-state index in [4.69, 9.17) is 4.74 Å². The fraction of sp³-hybridized carbons (Fsp3) is 0.235. The SMILES string of the molecule is CCc1ccccc1OC(C)C(=O)c1ccc(F)cc1. The maximum atomic E-state index is 12.9. The Kier molecular flexibility index (Phi) is 4.51. The van der Waals surface area contributed by atoms with Crippen LogP contribution in [-0.2, 0) is 6.42 Å². The highest BCUT2D eigenvalue weighted by molar-refractivity contribution is 5.99. The summed E-state index contributed by atoms with van der Waals surface area (Å²) in [6.45, 7) is 3.74. The second-order valence-corrected chi connectivity index (χ2v) is 4.59. The number of carbonyl (C=O) groups excluding carboxylic acids is 1. The van der Waals surface area contributed by atoms with Crippen molar-refractivity contribution in [1.82, 2.24) is 0 Å². The molecule has 0 saturated heterocycles. The minimum absolute atomic E-state index is 0.157. The normalized spacial score (nSPS) is 11.9. The molecule has 2 nitrogen and oxygen atoms in total. The lowest BCUT2D eigenvalue weighted by molar-refractivity contribution is 0.0817. The van der Waals surface area contributed by atoms with Crippen LogP contribution in [0.25, 0.3) is 0 Å². The van der Waals surface area contributed by atoms with E-state index >= 15 is 0 Å². The Labute approximate surface area is 118 Å². The Bertz CT molecular complexity index is 590. The van der Waals surface area contributed by atoms with Crippen molar-refractivity contribution in [1.29, 1.82) is 0 Å². The van der Waals surface area contributed by atoms with Gasteiger partial charge in [-0.3, -0.25) is 4.79 Å². The predicted octanol–water partition coefficient (Wildman–Crippen LogP) is 4.04. The van der Waals surface area contributed by atoms with Gasteiger partial charge in [0.2, 0.25) is 5.78 Å². The van der Waals surface area contributed by atoms with Crippen LogP contribution in [0.5, 0.6) is 5.75 Å². The van der Waals surface area contributed by atoms with Gasteiger partial charge >= 0.3 is 0 Å². The van der Waals surface area contributed by atoms with E-state index in [1.165, 1.54) is 24.3 Å². The number of hydrogen-bond acceptors (Lipinski definition) is 2. The Morgan fingerprint density at radius 2 is 1.80 bits per heavy atom. The number of halogens is 1. The number of rotatable bonds is 5. The number of ether oxygens (including phenoxy) is 1. The summed E-state index contributed by atoms with van der Waals surface area (Å²) in [6, 6.07) is 13.2. The molecule has 0 aliphatic heterocycles. The molecule has 0 heterocycles. The lowest BCUT2D eigenvalue weighted by Gasteiger charge is -2.16. The molecule has 0 saturated carbocycles. The third-order valence-corrected chi connectivity index (χ3v) is 3.16. The van der Waals surface area contributed by atoms with E-state index in [9.17, 15) is 9.18 Å². The van der Waals surface area contributed by atoms with Crippen molar-refractivity contribution in [2.24, 2.45) is 0 Å².